The van der Waals surface area contributed by atoms with Gasteiger partial charge in [-0.3, -0.25) is 4.79 Å². The Morgan fingerprint density at radius 1 is 1.36 bits per heavy atom. The van der Waals surface area contributed by atoms with Gasteiger partial charge in [0.1, 0.15) is 5.75 Å². The molecule has 1 aromatic carbocycles. The lowest BCUT2D eigenvalue weighted by molar-refractivity contribution is -0.140. The Labute approximate surface area is 167 Å². The van der Waals surface area contributed by atoms with E-state index >= 15 is 0 Å². The van der Waals surface area contributed by atoms with Gasteiger partial charge in [-0.2, -0.15) is 8.78 Å². The van der Waals surface area contributed by atoms with Crippen LogP contribution in [0.5, 0.6) is 5.75 Å². The molecule has 0 aliphatic carbocycles. The number of benzene rings is 1. The van der Waals surface area contributed by atoms with E-state index in [1.807, 2.05) is 6.92 Å². The molecular weight excluding hydrogens is 471 g/mol. The first-order valence-electron chi connectivity index (χ1n) is 7.28. The van der Waals surface area contributed by atoms with Crippen LogP contribution in [0.1, 0.15) is 18.9 Å². The predicted molar refractivity (Wildman–Crippen MR) is 103 cm³/mol. The fraction of sp³-hybridized carbons (Fsp3) is 0.467. The van der Waals surface area contributed by atoms with Crippen molar-refractivity contribution in [2.24, 2.45) is 4.99 Å². The standard InChI is InChI=1S/C15H20ClF2N3O3.HI/c1-3-19-15(20-7-6-13(22)23-2)21-9-10-8-11(16)4-5-12(10)24-14(17)18;/h4-5,8,14H,3,6-7,9H2,1-2H3,(H2,19,20,21);1H. The van der Waals surface area contributed by atoms with Crippen LogP contribution in [-0.4, -0.2) is 38.7 Å². The third-order valence-corrected chi connectivity index (χ3v) is 3.07. The Kier molecular flexibility index (Phi) is 12.2. The van der Waals surface area contributed by atoms with Crippen LogP contribution >= 0.6 is 35.6 Å². The predicted octanol–water partition coefficient (Wildman–Crippen LogP) is 3.18. The second-order valence-corrected chi connectivity index (χ2v) is 5.02. The monoisotopic (exact) mass is 491 g/mol. The summed E-state index contributed by atoms with van der Waals surface area (Å²) in [5.41, 5.74) is 0.424. The molecule has 0 saturated carbocycles. The molecule has 1 rings (SSSR count). The highest BCUT2D eigenvalue weighted by atomic mass is 127. The van der Waals surface area contributed by atoms with Crippen molar-refractivity contribution in [2.75, 3.05) is 20.2 Å². The number of carbonyl (C=O) groups is 1. The van der Waals surface area contributed by atoms with Crippen molar-refractivity contribution >= 4 is 47.5 Å². The maximum Gasteiger partial charge on any atom is 0.387 e. The third kappa shape index (κ3) is 9.63. The summed E-state index contributed by atoms with van der Waals surface area (Å²) in [6.45, 7) is -0.0485. The summed E-state index contributed by atoms with van der Waals surface area (Å²) in [6.07, 6.45) is 0.178. The van der Waals surface area contributed by atoms with Crippen LogP contribution in [0.2, 0.25) is 5.02 Å². The van der Waals surface area contributed by atoms with Gasteiger partial charge in [-0.1, -0.05) is 11.6 Å². The van der Waals surface area contributed by atoms with Crippen molar-refractivity contribution in [1.82, 2.24) is 10.6 Å². The van der Waals surface area contributed by atoms with E-state index in [4.69, 9.17) is 11.6 Å². The van der Waals surface area contributed by atoms with Crippen molar-refractivity contribution < 1.29 is 23.0 Å². The first kappa shape index (κ1) is 23.6. The van der Waals surface area contributed by atoms with Gasteiger partial charge in [-0.05, 0) is 25.1 Å². The molecule has 142 valence electrons. The molecule has 0 bridgehead atoms. The molecule has 0 fully saturated rings. The maximum absolute atomic E-state index is 12.4. The van der Waals surface area contributed by atoms with E-state index in [2.05, 4.69) is 25.1 Å². The van der Waals surface area contributed by atoms with Gasteiger partial charge in [-0.15, -0.1) is 24.0 Å². The lowest BCUT2D eigenvalue weighted by atomic mass is 10.2. The van der Waals surface area contributed by atoms with Crippen molar-refractivity contribution in [3.05, 3.63) is 28.8 Å². The number of hydrogen-bond donors (Lipinski definition) is 2. The fourth-order valence-corrected chi connectivity index (χ4v) is 1.97. The second kappa shape index (κ2) is 12.9. The minimum atomic E-state index is -2.93. The Morgan fingerprint density at radius 2 is 2.08 bits per heavy atom. The molecule has 0 aliphatic heterocycles. The lowest BCUT2D eigenvalue weighted by Crippen LogP contribution is -2.38. The number of rotatable bonds is 8. The Bertz CT molecular complexity index is 577. The van der Waals surface area contributed by atoms with Gasteiger partial charge in [0.15, 0.2) is 5.96 Å². The Balaban J connectivity index is 0.00000576. The molecule has 1 aromatic rings. The van der Waals surface area contributed by atoms with Crippen LogP contribution in [0.4, 0.5) is 8.78 Å². The number of guanidine groups is 1. The van der Waals surface area contributed by atoms with Crippen molar-refractivity contribution in [3.8, 4) is 5.75 Å². The summed E-state index contributed by atoms with van der Waals surface area (Å²) in [5.74, 6) is 0.105. The van der Waals surface area contributed by atoms with Gasteiger partial charge < -0.3 is 20.1 Å². The number of nitrogens with zero attached hydrogens (tertiary/aromatic N) is 1. The van der Waals surface area contributed by atoms with Gasteiger partial charge in [-0.25, -0.2) is 4.99 Å². The van der Waals surface area contributed by atoms with E-state index in [1.54, 1.807) is 0 Å². The second-order valence-electron chi connectivity index (χ2n) is 4.58. The SMILES string of the molecule is CCNC(=NCc1cc(Cl)ccc1OC(F)F)NCCC(=O)OC.I. The average molecular weight is 492 g/mol. The smallest absolute Gasteiger partial charge is 0.387 e. The van der Waals surface area contributed by atoms with Crippen LogP contribution in [0.3, 0.4) is 0 Å². The molecule has 0 unspecified atom stereocenters. The lowest BCUT2D eigenvalue weighted by Gasteiger charge is -2.12. The van der Waals surface area contributed by atoms with Crippen molar-refractivity contribution in [1.29, 1.82) is 0 Å². The zero-order chi connectivity index (χ0) is 17.9. The van der Waals surface area contributed by atoms with E-state index in [0.717, 1.165) is 0 Å². The van der Waals surface area contributed by atoms with Crippen LogP contribution in [0.25, 0.3) is 0 Å². The maximum atomic E-state index is 12.4. The molecular formula is C15H21ClF2IN3O3. The first-order valence-corrected chi connectivity index (χ1v) is 7.66. The summed E-state index contributed by atoms with van der Waals surface area (Å²) in [5, 5.41) is 6.33. The number of aliphatic imine (C=N–C) groups is 1. The summed E-state index contributed by atoms with van der Waals surface area (Å²) in [6, 6.07) is 4.35. The van der Waals surface area contributed by atoms with Crippen molar-refractivity contribution in [3.63, 3.8) is 0 Å². The van der Waals surface area contributed by atoms with Crippen LogP contribution in [0.15, 0.2) is 23.2 Å². The number of nitrogens with one attached hydrogen (secondary N) is 2. The number of halogens is 4. The molecule has 10 heteroatoms. The molecule has 2 N–H and O–H groups in total. The van der Waals surface area contributed by atoms with Gasteiger partial charge >= 0.3 is 12.6 Å². The summed E-state index contributed by atoms with van der Waals surface area (Å²) in [7, 11) is 1.31. The molecule has 25 heavy (non-hydrogen) atoms. The van der Waals surface area contributed by atoms with Crippen LogP contribution in [0, 0.1) is 0 Å². The zero-order valence-electron chi connectivity index (χ0n) is 13.9. The van der Waals surface area contributed by atoms with E-state index in [0.29, 0.717) is 29.6 Å². The molecule has 0 spiro atoms. The first-order chi connectivity index (χ1) is 11.5. The third-order valence-electron chi connectivity index (χ3n) is 2.84. The number of alkyl halides is 2. The number of methoxy groups -OCH3 is 1. The van der Waals surface area contributed by atoms with E-state index in [1.165, 1.54) is 25.3 Å². The quantitative estimate of drug-likeness (QED) is 0.253. The summed E-state index contributed by atoms with van der Waals surface area (Å²) >= 11 is 5.89. The van der Waals surface area contributed by atoms with Gasteiger partial charge in [0.2, 0.25) is 0 Å². The van der Waals surface area contributed by atoms with Crippen LogP contribution < -0.4 is 15.4 Å². The minimum Gasteiger partial charge on any atom is -0.469 e. The molecule has 0 aromatic heterocycles. The number of carbonyl (C=O) groups excluding carboxylic acids is 1. The topological polar surface area (TPSA) is 72.0 Å². The normalized spacial score (nSPS) is 10.9. The molecule has 0 heterocycles. The molecule has 0 radical (unpaired) electrons. The minimum absolute atomic E-state index is 0. The number of esters is 1. The average Bonchev–Trinajstić information content (AvgIpc) is 2.54. The van der Waals surface area contributed by atoms with E-state index in [-0.39, 0.29) is 48.7 Å². The summed E-state index contributed by atoms with van der Waals surface area (Å²) < 4.78 is 33.9. The molecule has 0 aliphatic rings. The van der Waals surface area contributed by atoms with Gasteiger partial charge in [0.05, 0.1) is 20.1 Å². The Hall–Kier alpha value is -1.36. The van der Waals surface area contributed by atoms with Crippen LogP contribution in [-0.2, 0) is 16.1 Å². The highest BCUT2D eigenvalue weighted by molar-refractivity contribution is 14.0. The Morgan fingerprint density at radius 3 is 2.68 bits per heavy atom. The van der Waals surface area contributed by atoms with Gasteiger partial charge in [0, 0.05) is 23.7 Å². The highest BCUT2D eigenvalue weighted by Crippen LogP contribution is 2.25. The largest absolute Gasteiger partial charge is 0.469 e. The molecule has 0 amide bonds. The molecule has 0 atom stereocenters. The van der Waals surface area contributed by atoms with E-state index in [9.17, 15) is 13.6 Å². The molecule has 0 saturated heterocycles. The highest BCUT2D eigenvalue weighted by Gasteiger charge is 2.10. The number of ether oxygens (including phenoxy) is 2. The fourth-order valence-electron chi connectivity index (χ4n) is 1.77. The van der Waals surface area contributed by atoms with E-state index < -0.39 is 6.61 Å². The zero-order valence-corrected chi connectivity index (χ0v) is 16.9. The summed E-state index contributed by atoms with van der Waals surface area (Å²) in [4.78, 5) is 15.4. The number of hydrogen-bond acceptors (Lipinski definition) is 4. The van der Waals surface area contributed by atoms with Gasteiger partial charge in [0.25, 0.3) is 0 Å². The van der Waals surface area contributed by atoms with Crippen molar-refractivity contribution in [2.45, 2.75) is 26.5 Å². The molecule has 6 nitrogen and oxygen atoms in total.